The molecular weight excluding hydrogens is 290 g/mol. The molecular formula is C16H18F2N2O2. The number of amides is 1. The van der Waals surface area contributed by atoms with Gasteiger partial charge in [-0.1, -0.05) is 25.0 Å². The molecule has 0 aliphatic heterocycles. The fraction of sp³-hybridized carbons (Fsp3) is 0.500. The van der Waals surface area contributed by atoms with E-state index in [1.807, 2.05) is 0 Å². The van der Waals surface area contributed by atoms with Gasteiger partial charge in [-0.25, -0.2) is 0 Å². The molecule has 0 saturated heterocycles. The molecule has 1 aliphatic carbocycles. The number of halogens is 2. The first-order valence-corrected chi connectivity index (χ1v) is 7.24. The molecule has 0 radical (unpaired) electrons. The Balaban J connectivity index is 2.01. The van der Waals surface area contributed by atoms with Crippen LogP contribution < -0.4 is 10.1 Å². The number of carbonyl (C=O) groups excluding carboxylic acids is 1. The number of hydrogen-bond acceptors (Lipinski definition) is 3. The highest BCUT2D eigenvalue weighted by molar-refractivity contribution is 5.86. The molecule has 0 aromatic heterocycles. The van der Waals surface area contributed by atoms with Gasteiger partial charge in [-0.3, -0.25) is 4.79 Å². The number of nitrogens with one attached hydrogen (secondary N) is 1. The van der Waals surface area contributed by atoms with Crippen molar-refractivity contribution in [2.75, 3.05) is 0 Å². The minimum absolute atomic E-state index is 0.0709. The zero-order valence-corrected chi connectivity index (χ0v) is 12.3. The van der Waals surface area contributed by atoms with Crippen LogP contribution in [0.2, 0.25) is 0 Å². The summed E-state index contributed by atoms with van der Waals surface area (Å²) in [7, 11) is 0. The predicted molar refractivity (Wildman–Crippen MR) is 76.1 cm³/mol. The second-order valence-electron chi connectivity index (χ2n) is 5.54. The van der Waals surface area contributed by atoms with Crippen LogP contribution in [0.15, 0.2) is 24.3 Å². The maximum absolute atomic E-state index is 12.3. The third-order valence-electron chi connectivity index (χ3n) is 4.06. The summed E-state index contributed by atoms with van der Waals surface area (Å²) in [5.74, 6) is -0.186. The minimum Gasteiger partial charge on any atom is -0.435 e. The molecule has 6 heteroatoms. The Morgan fingerprint density at radius 1 is 1.32 bits per heavy atom. The van der Waals surface area contributed by atoms with Gasteiger partial charge < -0.3 is 10.1 Å². The van der Waals surface area contributed by atoms with E-state index < -0.39 is 12.0 Å². The van der Waals surface area contributed by atoms with Crippen molar-refractivity contribution < 1.29 is 18.3 Å². The van der Waals surface area contributed by atoms with Crippen molar-refractivity contribution in [1.82, 2.24) is 5.32 Å². The van der Waals surface area contributed by atoms with Gasteiger partial charge in [0.25, 0.3) is 0 Å². The number of ether oxygens (including phenoxy) is 1. The van der Waals surface area contributed by atoms with E-state index in [0.717, 1.165) is 18.4 Å². The van der Waals surface area contributed by atoms with E-state index in [1.54, 1.807) is 19.1 Å². The molecule has 1 aliphatic rings. The number of alkyl halides is 2. The molecule has 1 unspecified atom stereocenters. The highest BCUT2D eigenvalue weighted by Gasteiger charge is 2.41. The molecule has 0 bridgehead atoms. The van der Waals surface area contributed by atoms with Gasteiger partial charge in [0, 0.05) is 0 Å². The van der Waals surface area contributed by atoms with Crippen LogP contribution in [0.4, 0.5) is 8.78 Å². The van der Waals surface area contributed by atoms with Gasteiger partial charge >= 0.3 is 6.61 Å². The van der Waals surface area contributed by atoms with Crippen LogP contribution in [0, 0.1) is 16.7 Å². The predicted octanol–water partition coefficient (Wildman–Crippen LogP) is 3.55. The van der Waals surface area contributed by atoms with Crippen LogP contribution >= 0.6 is 0 Å². The summed E-state index contributed by atoms with van der Waals surface area (Å²) in [6.07, 6.45) is 2.94. The molecule has 1 saturated carbocycles. The van der Waals surface area contributed by atoms with E-state index >= 15 is 0 Å². The summed E-state index contributed by atoms with van der Waals surface area (Å²) >= 11 is 0. The molecule has 1 atom stereocenters. The van der Waals surface area contributed by atoms with Crippen LogP contribution in [0.3, 0.4) is 0 Å². The van der Waals surface area contributed by atoms with Gasteiger partial charge in [0.05, 0.1) is 12.1 Å². The molecule has 0 heterocycles. The van der Waals surface area contributed by atoms with Gasteiger partial charge in [0.15, 0.2) is 0 Å². The summed E-state index contributed by atoms with van der Waals surface area (Å²) in [4.78, 5) is 12.3. The number of carbonyl (C=O) groups is 1. The van der Waals surface area contributed by atoms with Crippen molar-refractivity contribution in [2.45, 2.75) is 45.3 Å². The first-order valence-electron chi connectivity index (χ1n) is 7.24. The van der Waals surface area contributed by atoms with E-state index in [0.29, 0.717) is 12.8 Å². The van der Waals surface area contributed by atoms with E-state index in [1.165, 1.54) is 12.1 Å². The fourth-order valence-electron chi connectivity index (χ4n) is 2.72. The number of nitrogens with zero attached hydrogens (tertiary/aromatic N) is 1. The van der Waals surface area contributed by atoms with Crippen LogP contribution in [0.25, 0.3) is 0 Å². The molecule has 1 amide bonds. The highest BCUT2D eigenvalue weighted by Crippen LogP contribution is 2.38. The summed E-state index contributed by atoms with van der Waals surface area (Å²) in [5, 5.41) is 12.1. The Hall–Kier alpha value is -2.16. The summed E-state index contributed by atoms with van der Waals surface area (Å²) in [5.41, 5.74) is -0.159. The number of hydrogen-bond donors (Lipinski definition) is 1. The molecule has 0 spiro atoms. The van der Waals surface area contributed by atoms with Crippen molar-refractivity contribution >= 4 is 5.91 Å². The second-order valence-corrected chi connectivity index (χ2v) is 5.54. The summed E-state index contributed by atoms with van der Waals surface area (Å²) in [6, 6.07) is 7.95. The van der Waals surface area contributed by atoms with Crippen LogP contribution in [0.5, 0.6) is 5.75 Å². The molecule has 2 rings (SSSR count). The Morgan fingerprint density at radius 3 is 2.41 bits per heavy atom. The maximum atomic E-state index is 12.3. The monoisotopic (exact) mass is 308 g/mol. The lowest BCUT2D eigenvalue weighted by atomic mass is 9.86. The molecule has 4 nitrogen and oxygen atoms in total. The lowest BCUT2D eigenvalue weighted by molar-refractivity contribution is -0.128. The Morgan fingerprint density at radius 2 is 1.91 bits per heavy atom. The third-order valence-corrected chi connectivity index (χ3v) is 4.06. The van der Waals surface area contributed by atoms with Crippen LogP contribution in [-0.2, 0) is 4.79 Å². The Labute approximate surface area is 128 Å². The topological polar surface area (TPSA) is 62.1 Å². The normalized spacial score (nSPS) is 17.8. The third kappa shape index (κ3) is 3.53. The average Bonchev–Trinajstić information content (AvgIpc) is 2.97. The molecule has 1 aromatic carbocycles. The maximum Gasteiger partial charge on any atom is 0.387 e. The molecule has 118 valence electrons. The molecule has 1 aromatic rings. The highest BCUT2D eigenvalue weighted by atomic mass is 19.3. The molecule has 1 fully saturated rings. The number of rotatable bonds is 5. The summed E-state index contributed by atoms with van der Waals surface area (Å²) in [6.45, 7) is -1.07. The van der Waals surface area contributed by atoms with Crippen LogP contribution in [-0.4, -0.2) is 12.5 Å². The smallest absolute Gasteiger partial charge is 0.387 e. The molecule has 22 heavy (non-hydrogen) atoms. The largest absolute Gasteiger partial charge is 0.435 e. The van der Waals surface area contributed by atoms with Crippen molar-refractivity contribution in [3.8, 4) is 11.8 Å². The minimum atomic E-state index is -2.86. The van der Waals surface area contributed by atoms with Gasteiger partial charge in [0.2, 0.25) is 5.91 Å². The van der Waals surface area contributed by atoms with E-state index in [4.69, 9.17) is 0 Å². The summed E-state index contributed by atoms with van der Waals surface area (Å²) < 4.78 is 28.5. The SMILES string of the molecule is CC(NC(=O)C1(C#N)CCCC1)c1ccc(OC(F)F)cc1. The number of benzene rings is 1. The van der Waals surface area contributed by atoms with Gasteiger partial charge in [-0.05, 0) is 37.5 Å². The van der Waals surface area contributed by atoms with Crippen molar-refractivity contribution in [3.05, 3.63) is 29.8 Å². The second kappa shape index (κ2) is 6.73. The van der Waals surface area contributed by atoms with Crippen molar-refractivity contribution in [2.24, 2.45) is 5.41 Å². The van der Waals surface area contributed by atoms with E-state index in [-0.39, 0.29) is 17.7 Å². The van der Waals surface area contributed by atoms with Crippen molar-refractivity contribution in [3.63, 3.8) is 0 Å². The average molecular weight is 308 g/mol. The van der Waals surface area contributed by atoms with Crippen molar-refractivity contribution in [1.29, 1.82) is 5.26 Å². The number of nitriles is 1. The Kier molecular flexibility index (Phi) is 4.96. The Bertz CT molecular complexity index is 561. The standard InChI is InChI=1S/C16H18F2N2O2/c1-11(12-4-6-13(7-5-12)22-15(17)18)20-14(21)16(10-19)8-2-3-9-16/h4-7,11,15H,2-3,8-9H2,1H3,(H,20,21). The molecule has 1 N–H and O–H groups in total. The van der Waals surface area contributed by atoms with Gasteiger partial charge in [0.1, 0.15) is 11.2 Å². The van der Waals surface area contributed by atoms with Gasteiger partial charge in [-0.2, -0.15) is 14.0 Å². The first-order chi connectivity index (χ1) is 10.5. The quantitative estimate of drug-likeness (QED) is 0.905. The first kappa shape index (κ1) is 16.2. The van der Waals surface area contributed by atoms with Gasteiger partial charge in [-0.15, -0.1) is 0 Å². The van der Waals surface area contributed by atoms with E-state index in [9.17, 15) is 18.8 Å². The zero-order chi connectivity index (χ0) is 16.2. The fourth-order valence-corrected chi connectivity index (χ4v) is 2.72. The zero-order valence-electron chi connectivity index (χ0n) is 12.3. The lowest BCUT2D eigenvalue weighted by Gasteiger charge is -2.23. The van der Waals surface area contributed by atoms with Crippen LogP contribution in [0.1, 0.15) is 44.2 Å². The van der Waals surface area contributed by atoms with E-state index in [2.05, 4.69) is 16.1 Å². The lowest BCUT2D eigenvalue weighted by Crippen LogP contribution is -2.39.